The molecule has 0 amide bonds. The second kappa shape index (κ2) is 7.20. The molecule has 1 aliphatic rings. The van der Waals surface area contributed by atoms with Gasteiger partial charge in [-0.1, -0.05) is 12.8 Å². The molecule has 1 aromatic carbocycles. The Morgan fingerprint density at radius 2 is 2.04 bits per heavy atom. The van der Waals surface area contributed by atoms with Crippen LogP contribution in [0.4, 0.5) is 0 Å². The minimum Gasteiger partial charge on any atom is -0.462 e. The van der Waals surface area contributed by atoms with Crippen molar-refractivity contribution in [1.82, 2.24) is 14.5 Å². The molecular formula is C21H20N4O2. The molecule has 0 radical (unpaired) electrons. The Bertz CT molecular complexity index is 1020. The van der Waals surface area contributed by atoms with Gasteiger partial charge in [0, 0.05) is 41.1 Å². The van der Waals surface area contributed by atoms with Crippen LogP contribution in [0.15, 0.2) is 36.8 Å². The minimum absolute atomic E-state index is 0.312. The van der Waals surface area contributed by atoms with Gasteiger partial charge in [-0.25, -0.2) is 14.8 Å². The van der Waals surface area contributed by atoms with Crippen LogP contribution in [0.25, 0.3) is 22.3 Å². The van der Waals surface area contributed by atoms with Gasteiger partial charge in [0.05, 0.1) is 17.7 Å². The van der Waals surface area contributed by atoms with Crippen LogP contribution in [-0.4, -0.2) is 27.1 Å². The lowest BCUT2D eigenvalue weighted by Crippen LogP contribution is -2.06. The third kappa shape index (κ3) is 3.17. The maximum atomic E-state index is 11.7. The van der Waals surface area contributed by atoms with Crippen molar-refractivity contribution >= 4 is 16.9 Å². The van der Waals surface area contributed by atoms with Gasteiger partial charge in [0.1, 0.15) is 6.07 Å². The summed E-state index contributed by atoms with van der Waals surface area (Å²) in [4.78, 5) is 20.3. The average Bonchev–Trinajstić information content (AvgIpc) is 3.35. The Morgan fingerprint density at radius 1 is 1.30 bits per heavy atom. The van der Waals surface area contributed by atoms with Crippen molar-refractivity contribution in [3.63, 3.8) is 0 Å². The van der Waals surface area contributed by atoms with Gasteiger partial charge in [-0.15, -0.1) is 0 Å². The lowest BCUT2D eigenvalue weighted by molar-refractivity contribution is 0.0525. The van der Waals surface area contributed by atoms with Gasteiger partial charge in [0.15, 0.2) is 5.82 Å². The highest BCUT2D eigenvalue weighted by molar-refractivity contribution is 5.91. The summed E-state index contributed by atoms with van der Waals surface area (Å²) in [7, 11) is 0. The summed E-state index contributed by atoms with van der Waals surface area (Å²) in [6, 6.07) is 8.74. The molecule has 2 heterocycles. The van der Waals surface area contributed by atoms with Gasteiger partial charge in [-0.3, -0.25) is 0 Å². The lowest BCUT2D eigenvalue weighted by Gasteiger charge is -2.13. The molecule has 1 saturated carbocycles. The molecule has 1 aliphatic carbocycles. The van der Waals surface area contributed by atoms with E-state index in [2.05, 4.69) is 20.6 Å². The molecule has 4 rings (SSSR count). The van der Waals surface area contributed by atoms with Gasteiger partial charge < -0.3 is 9.30 Å². The molecule has 0 aliphatic heterocycles. The highest BCUT2D eigenvalue weighted by Crippen LogP contribution is 2.35. The fourth-order valence-corrected chi connectivity index (χ4v) is 3.76. The second-order valence-corrected chi connectivity index (χ2v) is 6.75. The van der Waals surface area contributed by atoms with Gasteiger partial charge in [-0.05, 0) is 38.0 Å². The van der Waals surface area contributed by atoms with Gasteiger partial charge in [0.2, 0.25) is 0 Å². The number of ether oxygens (including phenoxy) is 1. The smallest absolute Gasteiger partial charge is 0.341 e. The monoisotopic (exact) mass is 360 g/mol. The van der Waals surface area contributed by atoms with E-state index in [-0.39, 0.29) is 0 Å². The molecule has 2 aromatic heterocycles. The molecular weight excluding hydrogens is 340 g/mol. The largest absolute Gasteiger partial charge is 0.462 e. The molecule has 0 spiro atoms. The topological polar surface area (TPSA) is 80.8 Å². The number of benzene rings is 1. The summed E-state index contributed by atoms with van der Waals surface area (Å²) in [5.74, 6) is 0.0855. The van der Waals surface area contributed by atoms with Gasteiger partial charge in [0.25, 0.3) is 0 Å². The molecule has 0 atom stereocenters. The first kappa shape index (κ1) is 17.2. The Hall–Kier alpha value is -3.20. The molecule has 1 fully saturated rings. The lowest BCUT2D eigenvalue weighted by atomic mass is 10.1. The third-order valence-corrected chi connectivity index (χ3v) is 5.09. The first-order chi connectivity index (χ1) is 13.2. The Morgan fingerprint density at radius 3 is 2.70 bits per heavy atom. The number of hydrogen-bond donors (Lipinski definition) is 0. The van der Waals surface area contributed by atoms with Crippen LogP contribution < -0.4 is 0 Å². The summed E-state index contributed by atoms with van der Waals surface area (Å²) in [5.41, 5.74) is 2.89. The second-order valence-electron chi connectivity index (χ2n) is 6.75. The summed E-state index contributed by atoms with van der Waals surface area (Å²) in [5, 5.41) is 10.5. The minimum atomic E-state index is -0.431. The molecule has 136 valence electrons. The third-order valence-electron chi connectivity index (χ3n) is 5.09. The Balaban J connectivity index is 1.71. The SMILES string of the molecule is CCOC(=O)c1cnc(-c2ccc3c(c2)c(C#N)cn3C2CCCC2)nc1. The van der Waals surface area contributed by atoms with Crippen molar-refractivity contribution in [1.29, 1.82) is 5.26 Å². The number of fused-ring (bicyclic) bond motifs is 1. The van der Waals surface area contributed by atoms with Crippen LogP contribution in [0, 0.1) is 11.3 Å². The molecule has 0 unspecified atom stereocenters. The predicted molar refractivity (Wildman–Crippen MR) is 101 cm³/mol. The normalized spacial score (nSPS) is 14.4. The van der Waals surface area contributed by atoms with Crippen molar-refractivity contribution in [2.45, 2.75) is 38.6 Å². The molecule has 6 nitrogen and oxygen atoms in total. The van der Waals surface area contributed by atoms with Crippen LogP contribution in [0.5, 0.6) is 0 Å². The summed E-state index contributed by atoms with van der Waals surface area (Å²) < 4.78 is 7.20. The number of nitriles is 1. The number of carbonyl (C=O) groups excluding carboxylic acids is 1. The zero-order valence-corrected chi connectivity index (χ0v) is 15.2. The van der Waals surface area contributed by atoms with E-state index in [1.807, 2.05) is 24.4 Å². The van der Waals surface area contributed by atoms with E-state index in [0.717, 1.165) is 29.3 Å². The van der Waals surface area contributed by atoms with Crippen LogP contribution >= 0.6 is 0 Å². The van der Waals surface area contributed by atoms with E-state index in [4.69, 9.17) is 4.74 Å². The zero-order chi connectivity index (χ0) is 18.8. The first-order valence-electron chi connectivity index (χ1n) is 9.25. The van der Waals surface area contributed by atoms with E-state index in [9.17, 15) is 10.1 Å². The molecule has 27 heavy (non-hydrogen) atoms. The fraction of sp³-hybridized carbons (Fsp3) is 0.333. The summed E-state index contributed by atoms with van der Waals surface area (Å²) in [6.45, 7) is 2.07. The molecule has 0 bridgehead atoms. The highest BCUT2D eigenvalue weighted by atomic mass is 16.5. The predicted octanol–water partition coefficient (Wildman–Crippen LogP) is 4.26. The molecule has 0 N–H and O–H groups in total. The number of esters is 1. The fourth-order valence-electron chi connectivity index (χ4n) is 3.76. The van der Waals surface area contributed by atoms with Gasteiger partial charge in [-0.2, -0.15) is 5.26 Å². The molecule has 0 saturated heterocycles. The molecule has 3 aromatic rings. The van der Waals surface area contributed by atoms with Crippen molar-refractivity contribution in [2.75, 3.05) is 6.61 Å². The highest BCUT2D eigenvalue weighted by Gasteiger charge is 2.20. The van der Waals surface area contributed by atoms with Gasteiger partial charge >= 0.3 is 5.97 Å². The first-order valence-corrected chi connectivity index (χ1v) is 9.25. The Labute approximate surface area is 157 Å². The van der Waals surface area contributed by atoms with Crippen LogP contribution in [0.2, 0.25) is 0 Å². The summed E-state index contributed by atoms with van der Waals surface area (Å²) >= 11 is 0. The van der Waals surface area contributed by atoms with E-state index in [0.29, 0.717) is 29.6 Å². The molecule has 6 heteroatoms. The maximum Gasteiger partial charge on any atom is 0.341 e. The van der Waals surface area contributed by atoms with Crippen molar-refractivity contribution < 1.29 is 9.53 Å². The number of nitrogens with zero attached hydrogens (tertiary/aromatic N) is 4. The van der Waals surface area contributed by atoms with E-state index in [1.165, 1.54) is 25.2 Å². The van der Waals surface area contributed by atoms with Crippen LogP contribution in [0.1, 0.15) is 54.6 Å². The van der Waals surface area contributed by atoms with Crippen molar-refractivity contribution in [3.05, 3.63) is 47.9 Å². The number of rotatable bonds is 4. The standard InChI is InChI=1S/C21H20N4O2/c1-2-27-21(26)16-11-23-20(24-12-16)14-7-8-19-18(9-14)15(10-22)13-25(19)17-5-3-4-6-17/h7-9,11-13,17H,2-6H2,1H3. The van der Waals surface area contributed by atoms with Crippen molar-refractivity contribution in [2.24, 2.45) is 0 Å². The quantitative estimate of drug-likeness (QED) is 0.649. The van der Waals surface area contributed by atoms with Crippen LogP contribution in [0.3, 0.4) is 0 Å². The van der Waals surface area contributed by atoms with Crippen LogP contribution in [-0.2, 0) is 4.74 Å². The zero-order valence-electron chi connectivity index (χ0n) is 15.2. The van der Waals surface area contributed by atoms with E-state index < -0.39 is 5.97 Å². The number of aromatic nitrogens is 3. The van der Waals surface area contributed by atoms with Crippen molar-refractivity contribution in [3.8, 4) is 17.5 Å². The maximum absolute atomic E-state index is 11.7. The summed E-state index contributed by atoms with van der Waals surface area (Å²) in [6.07, 6.45) is 9.72. The van der Waals surface area contributed by atoms with E-state index in [1.54, 1.807) is 6.92 Å². The van der Waals surface area contributed by atoms with E-state index >= 15 is 0 Å². The Kier molecular flexibility index (Phi) is 4.59. The average molecular weight is 360 g/mol. The number of hydrogen-bond acceptors (Lipinski definition) is 5. The number of carbonyl (C=O) groups is 1.